The number of para-hydroxylation sites is 1. The summed E-state index contributed by atoms with van der Waals surface area (Å²) in [7, 11) is -3.69. The minimum atomic E-state index is -3.69. The monoisotopic (exact) mass is 485 g/mol. The van der Waals surface area contributed by atoms with Crippen LogP contribution in [0.1, 0.15) is 15.9 Å². The summed E-state index contributed by atoms with van der Waals surface area (Å²) in [4.78, 5) is 16.6. The summed E-state index contributed by atoms with van der Waals surface area (Å²) in [6, 6.07) is 18.8. The maximum Gasteiger partial charge on any atom is 0.253 e. The quantitative estimate of drug-likeness (QED) is 0.532. The van der Waals surface area contributed by atoms with E-state index in [0.29, 0.717) is 43.1 Å². The van der Waals surface area contributed by atoms with Gasteiger partial charge >= 0.3 is 0 Å². The molecule has 0 bridgehead atoms. The highest BCUT2D eigenvalue weighted by atomic mass is 32.2. The van der Waals surface area contributed by atoms with Gasteiger partial charge in [0.15, 0.2) is 0 Å². The number of amides is 1. The molecule has 0 aliphatic carbocycles. The zero-order valence-electron chi connectivity index (χ0n) is 18.7. The summed E-state index contributed by atoms with van der Waals surface area (Å²) in [6.07, 6.45) is 1.06. The van der Waals surface area contributed by atoms with Crippen molar-refractivity contribution >= 4 is 27.3 Å². The first-order chi connectivity index (χ1) is 16.2. The van der Waals surface area contributed by atoms with Crippen LogP contribution < -0.4 is 9.21 Å². The van der Waals surface area contributed by atoms with Crippen LogP contribution in [-0.2, 0) is 16.6 Å². The summed E-state index contributed by atoms with van der Waals surface area (Å²) < 4.78 is 54.0. The fraction of sp³-hybridized carbons (Fsp3) is 0.240. The smallest absolute Gasteiger partial charge is 0.253 e. The summed E-state index contributed by atoms with van der Waals surface area (Å²) in [5.41, 5.74) is 1.53. The molecule has 3 aromatic rings. The molecule has 0 saturated carbocycles. The number of sulfonamides is 1. The lowest BCUT2D eigenvalue weighted by Gasteiger charge is -2.36. The molecule has 1 aliphatic rings. The normalized spacial score (nSPS) is 14.2. The maximum atomic E-state index is 14.1. The first-order valence-electron chi connectivity index (χ1n) is 10.8. The molecule has 1 fully saturated rings. The van der Waals surface area contributed by atoms with E-state index in [2.05, 4.69) is 0 Å². The van der Waals surface area contributed by atoms with Crippen LogP contribution in [0.4, 0.5) is 20.2 Å². The second-order valence-corrected chi connectivity index (χ2v) is 10.0. The lowest BCUT2D eigenvalue weighted by Crippen LogP contribution is -2.49. The molecule has 0 spiro atoms. The molecule has 1 saturated heterocycles. The van der Waals surface area contributed by atoms with Crippen LogP contribution in [0.25, 0.3) is 0 Å². The minimum Gasteiger partial charge on any atom is -0.366 e. The van der Waals surface area contributed by atoms with Gasteiger partial charge in [0.2, 0.25) is 10.0 Å². The van der Waals surface area contributed by atoms with Crippen molar-refractivity contribution in [3.05, 3.63) is 95.6 Å². The molecule has 0 radical (unpaired) electrons. The van der Waals surface area contributed by atoms with Gasteiger partial charge in [-0.1, -0.05) is 30.3 Å². The van der Waals surface area contributed by atoms with Crippen molar-refractivity contribution in [2.75, 3.05) is 41.6 Å². The molecular weight excluding hydrogens is 460 g/mol. The highest BCUT2D eigenvalue weighted by molar-refractivity contribution is 7.92. The van der Waals surface area contributed by atoms with Crippen molar-refractivity contribution < 1.29 is 22.0 Å². The van der Waals surface area contributed by atoms with E-state index in [4.69, 9.17) is 0 Å². The Morgan fingerprint density at radius 3 is 2.03 bits per heavy atom. The van der Waals surface area contributed by atoms with Gasteiger partial charge in [-0.25, -0.2) is 17.2 Å². The lowest BCUT2D eigenvalue weighted by molar-refractivity contribution is 0.0746. The van der Waals surface area contributed by atoms with Crippen LogP contribution in [0.2, 0.25) is 0 Å². The Kier molecular flexibility index (Phi) is 6.83. The fourth-order valence-corrected chi connectivity index (χ4v) is 4.87. The number of piperazine rings is 1. The van der Waals surface area contributed by atoms with Gasteiger partial charge in [0.05, 0.1) is 24.2 Å². The molecule has 4 rings (SSSR count). The number of nitrogens with zero attached hydrogens (tertiary/aromatic N) is 3. The second kappa shape index (κ2) is 9.80. The second-order valence-electron chi connectivity index (χ2n) is 8.14. The zero-order valence-corrected chi connectivity index (χ0v) is 19.5. The number of carbonyl (C=O) groups excluding carboxylic acids is 1. The van der Waals surface area contributed by atoms with Gasteiger partial charge in [0.25, 0.3) is 5.91 Å². The van der Waals surface area contributed by atoms with E-state index in [1.807, 2.05) is 4.90 Å². The van der Waals surface area contributed by atoms with E-state index >= 15 is 0 Å². The Labute approximate surface area is 198 Å². The van der Waals surface area contributed by atoms with Gasteiger partial charge in [0.1, 0.15) is 11.6 Å². The van der Waals surface area contributed by atoms with Crippen LogP contribution in [0.3, 0.4) is 0 Å². The molecular formula is C25H25F2N3O3S. The predicted molar refractivity (Wildman–Crippen MR) is 128 cm³/mol. The lowest BCUT2D eigenvalue weighted by atomic mass is 10.1. The Balaban J connectivity index is 1.45. The van der Waals surface area contributed by atoms with Crippen molar-refractivity contribution in [1.82, 2.24) is 4.90 Å². The maximum absolute atomic E-state index is 14.1. The first-order valence-corrected chi connectivity index (χ1v) is 12.7. The molecule has 0 N–H and O–H groups in total. The Morgan fingerprint density at radius 1 is 0.853 bits per heavy atom. The van der Waals surface area contributed by atoms with Gasteiger partial charge < -0.3 is 9.80 Å². The van der Waals surface area contributed by atoms with Gasteiger partial charge in [-0.15, -0.1) is 0 Å². The topological polar surface area (TPSA) is 60.9 Å². The largest absolute Gasteiger partial charge is 0.366 e. The third-order valence-electron chi connectivity index (χ3n) is 5.83. The molecule has 1 amide bonds. The number of benzene rings is 3. The molecule has 1 aliphatic heterocycles. The van der Waals surface area contributed by atoms with Crippen LogP contribution >= 0.6 is 0 Å². The molecule has 0 aromatic heterocycles. The van der Waals surface area contributed by atoms with E-state index in [1.54, 1.807) is 59.5 Å². The van der Waals surface area contributed by atoms with Crippen molar-refractivity contribution in [2.45, 2.75) is 6.54 Å². The molecule has 3 aromatic carbocycles. The summed E-state index contributed by atoms with van der Waals surface area (Å²) in [5.74, 6) is -0.958. The Bertz CT molecular complexity index is 1270. The van der Waals surface area contributed by atoms with E-state index < -0.39 is 15.8 Å². The van der Waals surface area contributed by atoms with Crippen LogP contribution in [0.5, 0.6) is 0 Å². The molecule has 9 heteroatoms. The first kappa shape index (κ1) is 23.7. The van der Waals surface area contributed by atoms with Crippen molar-refractivity contribution in [3.63, 3.8) is 0 Å². The molecule has 1 heterocycles. The number of halogens is 2. The fourth-order valence-electron chi connectivity index (χ4n) is 3.99. The van der Waals surface area contributed by atoms with Crippen molar-refractivity contribution in [1.29, 1.82) is 0 Å². The van der Waals surface area contributed by atoms with Crippen molar-refractivity contribution in [3.8, 4) is 0 Å². The third kappa shape index (κ3) is 5.20. The molecule has 178 valence electrons. The van der Waals surface area contributed by atoms with Crippen molar-refractivity contribution in [2.24, 2.45) is 0 Å². The summed E-state index contributed by atoms with van der Waals surface area (Å²) >= 11 is 0. The zero-order chi connectivity index (χ0) is 24.3. The Hall–Kier alpha value is -3.46. The van der Waals surface area contributed by atoms with E-state index in [0.717, 1.165) is 10.6 Å². The number of anilines is 2. The Morgan fingerprint density at radius 2 is 1.44 bits per heavy atom. The average Bonchev–Trinajstić information content (AvgIpc) is 2.83. The van der Waals surface area contributed by atoms with Gasteiger partial charge in [-0.05, 0) is 42.5 Å². The molecule has 6 nitrogen and oxygen atoms in total. The van der Waals surface area contributed by atoms with Gasteiger partial charge in [-0.3, -0.25) is 9.10 Å². The predicted octanol–water partition coefficient (Wildman–Crippen LogP) is 3.89. The highest BCUT2D eigenvalue weighted by Gasteiger charge is 2.24. The van der Waals surface area contributed by atoms with E-state index in [9.17, 15) is 22.0 Å². The molecule has 0 unspecified atom stereocenters. The van der Waals surface area contributed by atoms with E-state index in [-0.39, 0.29) is 23.8 Å². The summed E-state index contributed by atoms with van der Waals surface area (Å²) in [6.45, 7) is 1.75. The number of carbonyl (C=O) groups is 1. The van der Waals surface area contributed by atoms with Gasteiger partial charge in [0, 0.05) is 37.3 Å². The number of rotatable bonds is 6. The SMILES string of the molecule is CS(=O)(=O)N(Cc1ccccc1F)c1ccc(C(=O)N2CCN(c3ccccc3F)CC2)cc1. The minimum absolute atomic E-state index is 0.156. The molecule has 0 atom stereocenters. The van der Waals surface area contributed by atoms with Crippen LogP contribution in [0, 0.1) is 11.6 Å². The summed E-state index contributed by atoms with van der Waals surface area (Å²) in [5, 5.41) is 0. The van der Waals surface area contributed by atoms with Crippen LogP contribution in [0.15, 0.2) is 72.8 Å². The van der Waals surface area contributed by atoms with Gasteiger partial charge in [-0.2, -0.15) is 0 Å². The van der Waals surface area contributed by atoms with E-state index in [1.165, 1.54) is 18.2 Å². The van der Waals surface area contributed by atoms with Crippen LogP contribution in [-0.4, -0.2) is 51.7 Å². The standard InChI is InChI=1S/C25H25F2N3O3S/c1-34(32,33)30(18-20-6-2-3-7-22(20)26)21-12-10-19(11-13-21)25(31)29-16-14-28(15-17-29)24-9-5-4-8-23(24)27/h2-13H,14-18H2,1H3. The number of hydrogen-bond donors (Lipinski definition) is 0. The highest BCUT2D eigenvalue weighted by Crippen LogP contribution is 2.24. The average molecular weight is 486 g/mol. The molecule has 34 heavy (non-hydrogen) atoms. The third-order valence-corrected chi connectivity index (χ3v) is 6.97. The number of hydrogen-bond acceptors (Lipinski definition) is 4.